The zero-order valence-corrected chi connectivity index (χ0v) is 4.78. The van der Waals surface area contributed by atoms with Gasteiger partial charge in [0.05, 0.1) is 0 Å². The predicted octanol–water partition coefficient (Wildman–Crippen LogP) is 1.98. The van der Waals surface area contributed by atoms with Crippen molar-refractivity contribution in [2.24, 2.45) is 0 Å². The molecule has 0 spiro atoms. The molecule has 0 aromatic carbocycles. The molecule has 0 bridgehead atoms. The van der Waals surface area contributed by atoms with E-state index in [1.807, 2.05) is 0 Å². The van der Waals surface area contributed by atoms with E-state index in [1.165, 1.54) is 12.8 Å². The molecule has 0 fully saturated rings. The second-order valence-corrected chi connectivity index (χ2v) is 1.62. The molecule has 0 aliphatic rings. The first kappa shape index (κ1) is 6.96. The van der Waals surface area contributed by atoms with Crippen molar-refractivity contribution >= 4 is 0 Å². The third-order valence-electron chi connectivity index (χ3n) is 0.892. The molecule has 2 radical (unpaired) electrons. The van der Waals surface area contributed by atoms with Crippen LogP contribution in [-0.2, 0) is 0 Å². The maximum absolute atomic E-state index is 8.04. The van der Waals surface area contributed by atoms with Gasteiger partial charge < -0.3 is 5.11 Å². The standard InChI is InChI=1S/C6H12O/c1-2-3-4-5-6-7/h7H,2-5H2,1H3. The van der Waals surface area contributed by atoms with Crippen LogP contribution in [-0.4, -0.2) is 5.11 Å². The molecule has 0 aliphatic heterocycles. The third kappa shape index (κ3) is 5.96. The number of aliphatic hydroxyl groups excluding tert-OH is 1. The minimum absolute atomic E-state index is 0.730. The first-order chi connectivity index (χ1) is 3.41. The average Bonchev–Trinajstić information content (AvgIpc) is 1.69. The maximum Gasteiger partial charge on any atom is 0.128 e. The molecule has 42 valence electrons. The van der Waals surface area contributed by atoms with Gasteiger partial charge in [0.15, 0.2) is 0 Å². The fourth-order valence-corrected chi connectivity index (χ4v) is 0.454. The molecular formula is C6H12O. The zero-order chi connectivity index (χ0) is 5.54. The highest BCUT2D eigenvalue weighted by Crippen LogP contribution is 1.98. The van der Waals surface area contributed by atoms with E-state index >= 15 is 0 Å². The van der Waals surface area contributed by atoms with E-state index in [9.17, 15) is 0 Å². The molecule has 0 saturated carbocycles. The SMILES string of the molecule is CCCCC[C]O. The summed E-state index contributed by atoms with van der Waals surface area (Å²) in [4.78, 5) is 0. The Kier molecular flexibility index (Phi) is 5.93. The second kappa shape index (κ2) is 5.96. The molecule has 0 amide bonds. The van der Waals surface area contributed by atoms with Gasteiger partial charge >= 0.3 is 0 Å². The molecule has 0 atom stereocenters. The molecule has 0 unspecified atom stereocenters. The molecule has 1 heteroatoms. The average molecular weight is 100 g/mol. The van der Waals surface area contributed by atoms with Crippen LogP contribution in [0.4, 0.5) is 0 Å². The Morgan fingerprint density at radius 2 is 2.14 bits per heavy atom. The van der Waals surface area contributed by atoms with Gasteiger partial charge in [0.1, 0.15) is 6.61 Å². The Morgan fingerprint density at radius 3 is 2.57 bits per heavy atom. The summed E-state index contributed by atoms with van der Waals surface area (Å²) in [7, 11) is 0. The maximum atomic E-state index is 8.04. The second-order valence-electron chi connectivity index (χ2n) is 1.62. The molecule has 7 heavy (non-hydrogen) atoms. The summed E-state index contributed by atoms with van der Waals surface area (Å²) in [5.41, 5.74) is 0. The Labute approximate surface area is 45.4 Å². The van der Waals surface area contributed by atoms with Gasteiger partial charge in [-0.15, -0.1) is 0 Å². The molecule has 0 aliphatic carbocycles. The Hall–Kier alpha value is -0.0400. The van der Waals surface area contributed by atoms with Crippen LogP contribution < -0.4 is 0 Å². The van der Waals surface area contributed by atoms with Crippen molar-refractivity contribution in [2.45, 2.75) is 32.6 Å². The van der Waals surface area contributed by atoms with Crippen molar-refractivity contribution in [3.8, 4) is 0 Å². The van der Waals surface area contributed by atoms with Crippen molar-refractivity contribution in [3.63, 3.8) is 0 Å². The van der Waals surface area contributed by atoms with Gasteiger partial charge in [-0.25, -0.2) is 0 Å². The number of hydrogen-bond donors (Lipinski definition) is 1. The van der Waals surface area contributed by atoms with Gasteiger partial charge in [-0.1, -0.05) is 26.2 Å². The van der Waals surface area contributed by atoms with E-state index in [-0.39, 0.29) is 0 Å². The monoisotopic (exact) mass is 100 g/mol. The summed E-state index contributed by atoms with van der Waals surface area (Å²) in [6.07, 6.45) is 4.22. The van der Waals surface area contributed by atoms with Gasteiger partial charge in [-0.05, 0) is 6.42 Å². The Bertz CT molecular complexity index is 23.4. The highest BCUT2D eigenvalue weighted by molar-refractivity contribution is 4.45. The predicted molar refractivity (Wildman–Crippen MR) is 29.3 cm³/mol. The molecule has 0 aromatic rings. The lowest BCUT2D eigenvalue weighted by Gasteiger charge is -1.89. The fraction of sp³-hybridized carbons (Fsp3) is 0.833. The Morgan fingerprint density at radius 1 is 1.43 bits per heavy atom. The Balaban J connectivity index is 2.45. The van der Waals surface area contributed by atoms with Gasteiger partial charge in [0.25, 0.3) is 0 Å². The first-order valence-electron chi connectivity index (χ1n) is 2.78. The summed E-state index contributed by atoms with van der Waals surface area (Å²) in [5, 5.41) is 8.04. The van der Waals surface area contributed by atoms with Crippen molar-refractivity contribution in [1.82, 2.24) is 0 Å². The summed E-state index contributed by atoms with van der Waals surface area (Å²) >= 11 is 0. The van der Waals surface area contributed by atoms with Crippen molar-refractivity contribution in [3.05, 3.63) is 6.61 Å². The number of rotatable bonds is 4. The van der Waals surface area contributed by atoms with Crippen LogP contribution in [0.5, 0.6) is 0 Å². The highest BCUT2D eigenvalue weighted by Gasteiger charge is 1.82. The third-order valence-corrected chi connectivity index (χ3v) is 0.892. The van der Waals surface area contributed by atoms with E-state index in [1.54, 1.807) is 0 Å². The van der Waals surface area contributed by atoms with Crippen LogP contribution in [0.15, 0.2) is 0 Å². The normalized spacial score (nSPS) is 9.43. The minimum Gasteiger partial charge on any atom is -0.384 e. The molecule has 0 heterocycles. The van der Waals surface area contributed by atoms with Crippen LogP contribution in [0.25, 0.3) is 0 Å². The van der Waals surface area contributed by atoms with E-state index < -0.39 is 0 Å². The largest absolute Gasteiger partial charge is 0.384 e. The molecule has 0 rings (SSSR count). The lowest BCUT2D eigenvalue weighted by atomic mass is 10.2. The van der Waals surface area contributed by atoms with Crippen molar-refractivity contribution < 1.29 is 5.11 Å². The first-order valence-corrected chi connectivity index (χ1v) is 2.78. The van der Waals surface area contributed by atoms with E-state index in [0.717, 1.165) is 12.8 Å². The topological polar surface area (TPSA) is 20.2 Å². The van der Waals surface area contributed by atoms with Crippen LogP contribution in [0.2, 0.25) is 0 Å². The molecule has 0 saturated heterocycles. The van der Waals surface area contributed by atoms with E-state index in [4.69, 9.17) is 5.11 Å². The minimum atomic E-state index is 0.730. The van der Waals surface area contributed by atoms with Gasteiger partial charge in [0, 0.05) is 0 Å². The highest BCUT2D eigenvalue weighted by atomic mass is 16.2. The van der Waals surface area contributed by atoms with Gasteiger partial charge in [-0.2, -0.15) is 0 Å². The molecule has 1 nitrogen and oxygen atoms in total. The van der Waals surface area contributed by atoms with E-state index in [2.05, 4.69) is 13.5 Å². The zero-order valence-electron chi connectivity index (χ0n) is 4.78. The fourth-order valence-electron chi connectivity index (χ4n) is 0.454. The van der Waals surface area contributed by atoms with Gasteiger partial charge in [0.2, 0.25) is 0 Å². The number of aliphatic hydroxyl groups is 1. The molecular weight excluding hydrogens is 88.1 g/mol. The molecule has 0 aromatic heterocycles. The number of hydrogen-bond acceptors (Lipinski definition) is 1. The number of unbranched alkanes of at least 4 members (excludes halogenated alkanes) is 3. The van der Waals surface area contributed by atoms with Crippen molar-refractivity contribution in [1.29, 1.82) is 0 Å². The van der Waals surface area contributed by atoms with Crippen molar-refractivity contribution in [2.75, 3.05) is 0 Å². The van der Waals surface area contributed by atoms with E-state index in [0.29, 0.717) is 0 Å². The molecule has 1 N–H and O–H groups in total. The van der Waals surface area contributed by atoms with Crippen LogP contribution in [0, 0.1) is 6.61 Å². The van der Waals surface area contributed by atoms with Crippen LogP contribution >= 0.6 is 0 Å². The smallest absolute Gasteiger partial charge is 0.128 e. The summed E-state index contributed by atoms with van der Waals surface area (Å²) < 4.78 is 0. The summed E-state index contributed by atoms with van der Waals surface area (Å²) in [6.45, 7) is 4.24. The summed E-state index contributed by atoms with van der Waals surface area (Å²) in [5.74, 6) is 0. The quantitative estimate of drug-likeness (QED) is 0.535. The van der Waals surface area contributed by atoms with Crippen LogP contribution in [0.3, 0.4) is 0 Å². The van der Waals surface area contributed by atoms with Gasteiger partial charge in [-0.3, -0.25) is 0 Å². The lowest BCUT2D eigenvalue weighted by molar-refractivity contribution is 0.368. The lowest BCUT2D eigenvalue weighted by Crippen LogP contribution is -1.74. The summed E-state index contributed by atoms with van der Waals surface area (Å²) in [6, 6.07) is 0. The van der Waals surface area contributed by atoms with Crippen LogP contribution in [0.1, 0.15) is 32.6 Å².